The van der Waals surface area contributed by atoms with Gasteiger partial charge in [0.25, 0.3) is 0 Å². The van der Waals surface area contributed by atoms with E-state index in [0.29, 0.717) is 17.3 Å². The number of nitrogens with zero attached hydrogens (tertiary/aromatic N) is 3. The average Bonchev–Trinajstić information content (AvgIpc) is 3.05. The Balaban J connectivity index is 1.84. The minimum atomic E-state index is -1.08. The van der Waals surface area contributed by atoms with Crippen LogP contribution in [0.15, 0.2) is 66.4 Å². The fraction of sp³-hybridized carbons (Fsp3) is 0.0556. The summed E-state index contributed by atoms with van der Waals surface area (Å²) in [5.41, 5.74) is 1.57. The van der Waals surface area contributed by atoms with Crippen molar-refractivity contribution in [2.45, 2.75) is 6.04 Å². The molecular formula is C18H14N4O3. The number of rotatable bonds is 3. The molecule has 0 fully saturated rings. The lowest BCUT2D eigenvalue weighted by molar-refractivity contribution is -0.132. The maximum Gasteiger partial charge on any atom is 0.352 e. The van der Waals surface area contributed by atoms with Crippen LogP contribution in [0.25, 0.3) is 11.4 Å². The summed E-state index contributed by atoms with van der Waals surface area (Å²) in [5.74, 6) is -0.146. The number of aliphatic carboxylic acids is 1. The number of phenolic OH excluding ortho intramolecular Hbond substituents is 1. The number of carbonyl (C=O) groups is 1. The summed E-state index contributed by atoms with van der Waals surface area (Å²) in [4.78, 5) is 15.9. The first-order chi connectivity index (χ1) is 12.1. The number of hydrogen-bond acceptors (Lipinski definition) is 5. The lowest BCUT2D eigenvalue weighted by atomic mass is 10.0. The number of anilines is 1. The lowest BCUT2D eigenvalue weighted by Gasteiger charge is -2.22. The van der Waals surface area contributed by atoms with Gasteiger partial charge in [-0.1, -0.05) is 42.5 Å². The molecule has 0 saturated heterocycles. The van der Waals surface area contributed by atoms with E-state index in [9.17, 15) is 15.0 Å². The van der Waals surface area contributed by atoms with Crippen molar-refractivity contribution in [1.82, 2.24) is 14.8 Å². The lowest BCUT2D eigenvalue weighted by Crippen LogP contribution is -2.24. The van der Waals surface area contributed by atoms with E-state index in [1.165, 1.54) is 0 Å². The van der Waals surface area contributed by atoms with Crippen molar-refractivity contribution in [3.05, 3.63) is 71.9 Å². The number of hydrogen-bond donors (Lipinski definition) is 3. The van der Waals surface area contributed by atoms with E-state index in [0.717, 1.165) is 5.56 Å². The van der Waals surface area contributed by atoms with Crippen molar-refractivity contribution in [3.8, 4) is 17.1 Å². The molecule has 7 heteroatoms. The van der Waals surface area contributed by atoms with Crippen LogP contribution in [0.1, 0.15) is 11.6 Å². The van der Waals surface area contributed by atoms with Gasteiger partial charge in [0.2, 0.25) is 5.95 Å². The second kappa shape index (κ2) is 5.79. The van der Waals surface area contributed by atoms with Crippen LogP contribution < -0.4 is 5.32 Å². The van der Waals surface area contributed by atoms with Gasteiger partial charge in [-0.3, -0.25) is 0 Å². The van der Waals surface area contributed by atoms with Crippen LogP contribution in [0.2, 0.25) is 0 Å². The van der Waals surface area contributed by atoms with Gasteiger partial charge < -0.3 is 15.5 Å². The van der Waals surface area contributed by atoms with Crippen LogP contribution in [0.3, 0.4) is 0 Å². The molecule has 0 aliphatic carbocycles. The Morgan fingerprint density at radius 2 is 1.92 bits per heavy atom. The SMILES string of the molecule is O=C(O)C1=C[C@@H](c2cccc(O)c2)n2nc(-c3ccccc3)nc2N1. The molecule has 3 aromatic rings. The largest absolute Gasteiger partial charge is 0.508 e. The molecule has 7 nitrogen and oxygen atoms in total. The highest BCUT2D eigenvalue weighted by molar-refractivity contribution is 5.90. The van der Waals surface area contributed by atoms with E-state index >= 15 is 0 Å². The number of benzene rings is 2. The van der Waals surface area contributed by atoms with E-state index in [2.05, 4.69) is 15.4 Å². The molecule has 1 atom stereocenters. The predicted octanol–water partition coefficient (Wildman–Crippen LogP) is 2.63. The van der Waals surface area contributed by atoms with Crippen LogP contribution in [0, 0.1) is 0 Å². The molecule has 0 saturated carbocycles. The Hall–Kier alpha value is -3.61. The fourth-order valence-electron chi connectivity index (χ4n) is 2.77. The second-order valence-electron chi connectivity index (χ2n) is 5.62. The Kier molecular flexibility index (Phi) is 3.46. The number of carboxylic acids is 1. The van der Waals surface area contributed by atoms with Crippen molar-refractivity contribution in [2.24, 2.45) is 0 Å². The Morgan fingerprint density at radius 1 is 1.12 bits per heavy atom. The maximum atomic E-state index is 11.4. The Morgan fingerprint density at radius 3 is 2.64 bits per heavy atom. The number of allylic oxidation sites excluding steroid dienone is 1. The summed E-state index contributed by atoms with van der Waals surface area (Å²) in [7, 11) is 0. The van der Waals surface area contributed by atoms with E-state index in [4.69, 9.17) is 0 Å². The van der Waals surface area contributed by atoms with Crippen molar-refractivity contribution >= 4 is 11.9 Å². The molecule has 4 rings (SSSR count). The quantitative estimate of drug-likeness (QED) is 0.681. The number of fused-ring (bicyclic) bond motifs is 1. The van der Waals surface area contributed by atoms with Gasteiger partial charge in [-0.25, -0.2) is 9.48 Å². The molecule has 25 heavy (non-hydrogen) atoms. The van der Waals surface area contributed by atoms with E-state index in [1.807, 2.05) is 30.3 Å². The molecule has 1 aliphatic rings. The van der Waals surface area contributed by atoms with Gasteiger partial charge in [-0.15, -0.1) is 5.10 Å². The highest BCUT2D eigenvalue weighted by Gasteiger charge is 2.27. The monoisotopic (exact) mass is 334 g/mol. The second-order valence-corrected chi connectivity index (χ2v) is 5.62. The van der Waals surface area contributed by atoms with Crippen LogP contribution in [-0.4, -0.2) is 30.9 Å². The average molecular weight is 334 g/mol. The topological polar surface area (TPSA) is 100 Å². The molecule has 0 unspecified atom stereocenters. The third kappa shape index (κ3) is 2.72. The summed E-state index contributed by atoms with van der Waals surface area (Å²) in [6.07, 6.45) is 1.55. The zero-order chi connectivity index (χ0) is 17.4. The van der Waals surface area contributed by atoms with Crippen molar-refractivity contribution < 1.29 is 15.0 Å². The molecule has 0 radical (unpaired) electrons. The highest BCUT2D eigenvalue weighted by Crippen LogP contribution is 2.32. The Labute approximate surface area is 142 Å². The molecule has 1 aliphatic heterocycles. The zero-order valence-electron chi connectivity index (χ0n) is 13.0. The van der Waals surface area contributed by atoms with Gasteiger partial charge in [0, 0.05) is 5.56 Å². The summed E-state index contributed by atoms with van der Waals surface area (Å²) in [6, 6.07) is 15.6. The third-order valence-corrected chi connectivity index (χ3v) is 3.94. The first kappa shape index (κ1) is 14.9. The summed E-state index contributed by atoms with van der Waals surface area (Å²) in [6.45, 7) is 0. The maximum absolute atomic E-state index is 11.4. The minimum Gasteiger partial charge on any atom is -0.508 e. The van der Waals surface area contributed by atoms with Crippen LogP contribution >= 0.6 is 0 Å². The summed E-state index contributed by atoms with van der Waals surface area (Å²) >= 11 is 0. The molecule has 2 aromatic carbocycles. The van der Waals surface area contributed by atoms with Gasteiger partial charge in [-0.05, 0) is 23.8 Å². The van der Waals surface area contributed by atoms with Gasteiger partial charge in [-0.2, -0.15) is 4.98 Å². The number of aromatic nitrogens is 3. The molecule has 3 N–H and O–H groups in total. The van der Waals surface area contributed by atoms with Gasteiger partial charge >= 0.3 is 5.97 Å². The highest BCUT2D eigenvalue weighted by atomic mass is 16.4. The smallest absolute Gasteiger partial charge is 0.352 e. The number of carboxylic acid groups (broad SMARTS) is 1. The normalized spacial score (nSPS) is 15.8. The first-order valence-electron chi connectivity index (χ1n) is 7.65. The van der Waals surface area contributed by atoms with Crippen LogP contribution in [-0.2, 0) is 4.79 Å². The van der Waals surface area contributed by atoms with E-state index < -0.39 is 12.0 Å². The summed E-state index contributed by atoms with van der Waals surface area (Å²) in [5, 5.41) is 26.4. The molecule has 0 bridgehead atoms. The number of aromatic hydroxyl groups is 1. The standard InChI is InChI=1S/C18H14N4O3/c23-13-8-4-7-12(9-13)15-10-14(17(24)25)19-18-20-16(21-22(15)18)11-5-2-1-3-6-11/h1-10,15,23H,(H,24,25)(H,19,20,21)/t15-/m0/s1. The zero-order valence-corrected chi connectivity index (χ0v) is 13.0. The van der Waals surface area contributed by atoms with E-state index in [1.54, 1.807) is 35.0 Å². The summed E-state index contributed by atoms with van der Waals surface area (Å²) < 4.78 is 1.61. The van der Waals surface area contributed by atoms with Crippen LogP contribution in [0.5, 0.6) is 5.75 Å². The van der Waals surface area contributed by atoms with Gasteiger partial charge in [0.05, 0.1) is 0 Å². The number of phenols is 1. The van der Waals surface area contributed by atoms with Gasteiger partial charge in [0.15, 0.2) is 5.82 Å². The third-order valence-electron chi connectivity index (χ3n) is 3.94. The van der Waals surface area contributed by atoms with Crippen molar-refractivity contribution in [2.75, 3.05) is 5.32 Å². The van der Waals surface area contributed by atoms with E-state index in [-0.39, 0.29) is 11.4 Å². The van der Waals surface area contributed by atoms with Crippen molar-refractivity contribution in [3.63, 3.8) is 0 Å². The fourth-order valence-corrected chi connectivity index (χ4v) is 2.77. The minimum absolute atomic E-state index is 0.0212. The molecular weight excluding hydrogens is 320 g/mol. The molecule has 2 heterocycles. The van der Waals surface area contributed by atoms with Gasteiger partial charge in [0.1, 0.15) is 17.5 Å². The number of nitrogens with one attached hydrogen (secondary N) is 1. The molecule has 1 aromatic heterocycles. The van der Waals surface area contributed by atoms with Crippen molar-refractivity contribution in [1.29, 1.82) is 0 Å². The molecule has 0 amide bonds. The van der Waals surface area contributed by atoms with Crippen LogP contribution in [0.4, 0.5) is 5.95 Å². The Bertz CT molecular complexity index is 979. The molecule has 0 spiro atoms. The predicted molar refractivity (Wildman–Crippen MR) is 91.0 cm³/mol. The molecule has 124 valence electrons. The first-order valence-corrected chi connectivity index (χ1v) is 7.65.